The molecular formula is C24H23BrF4N4O4. The molecule has 2 heterocycles. The summed E-state index contributed by atoms with van der Waals surface area (Å²) in [6, 6.07) is 6.29. The number of halogens is 5. The number of carbonyl (C=O) groups excluding carboxylic acids is 1. The van der Waals surface area contributed by atoms with Crippen molar-refractivity contribution in [3.8, 4) is 17.5 Å². The topological polar surface area (TPSA) is 85.8 Å². The van der Waals surface area contributed by atoms with Crippen LogP contribution in [0.25, 0.3) is 10.9 Å². The average molecular weight is 587 g/mol. The lowest BCUT2D eigenvalue weighted by atomic mass is 9.98. The number of ether oxygens (including phenoxy) is 3. The van der Waals surface area contributed by atoms with Crippen molar-refractivity contribution in [2.45, 2.75) is 19.0 Å². The number of carbonyl (C=O) groups is 1. The Morgan fingerprint density at radius 1 is 1.16 bits per heavy atom. The molecule has 0 saturated carbocycles. The lowest BCUT2D eigenvalue weighted by molar-refractivity contribution is -0.190. The van der Waals surface area contributed by atoms with E-state index in [1.807, 2.05) is 0 Å². The maximum atomic E-state index is 14.5. The molecule has 13 heteroatoms. The van der Waals surface area contributed by atoms with Gasteiger partial charge >= 0.3 is 18.2 Å². The number of rotatable bonds is 7. The van der Waals surface area contributed by atoms with Crippen LogP contribution in [0.15, 0.2) is 34.8 Å². The Bertz CT molecular complexity index is 1300. The van der Waals surface area contributed by atoms with Crippen molar-refractivity contribution in [2.24, 2.45) is 5.92 Å². The Labute approximate surface area is 218 Å². The second-order valence-corrected chi connectivity index (χ2v) is 9.48. The van der Waals surface area contributed by atoms with Gasteiger partial charge in [0.2, 0.25) is 0 Å². The highest BCUT2D eigenvalue weighted by atomic mass is 79.9. The summed E-state index contributed by atoms with van der Waals surface area (Å²) >= 11 is 3.16. The third-order valence-corrected chi connectivity index (χ3v) is 6.37. The molecule has 8 nitrogen and oxygen atoms in total. The minimum Gasteiger partial charge on any atom is -0.493 e. The van der Waals surface area contributed by atoms with Crippen molar-refractivity contribution < 1.29 is 36.6 Å². The molecule has 1 saturated heterocycles. The van der Waals surface area contributed by atoms with Crippen LogP contribution in [-0.4, -0.2) is 60.9 Å². The first-order valence-corrected chi connectivity index (χ1v) is 12.0. The molecule has 4 rings (SSSR count). The molecule has 0 spiro atoms. The molecule has 37 heavy (non-hydrogen) atoms. The molecule has 0 atom stereocenters. The molecule has 1 aliphatic rings. The van der Waals surface area contributed by atoms with Crippen LogP contribution < -0.4 is 19.5 Å². The molecule has 0 unspecified atom stereocenters. The second-order valence-electron chi connectivity index (χ2n) is 8.57. The summed E-state index contributed by atoms with van der Waals surface area (Å²) in [4.78, 5) is 21.5. The molecule has 1 fully saturated rings. The lowest BCUT2D eigenvalue weighted by Crippen LogP contribution is -2.32. The highest BCUT2D eigenvalue weighted by Crippen LogP contribution is 2.37. The van der Waals surface area contributed by atoms with E-state index in [0.29, 0.717) is 28.5 Å². The fourth-order valence-corrected chi connectivity index (χ4v) is 4.16. The van der Waals surface area contributed by atoms with Gasteiger partial charge in [-0.2, -0.15) is 23.1 Å². The van der Waals surface area contributed by atoms with Crippen molar-refractivity contribution in [1.29, 1.82) is 0 Å². The predicted molar refractivity (Wildman–Crippen MR) is 131 cm³/mol. The largest absolute Gasteiger partial charge is 0.493 e. The number of fused-ring (bicyclic) bond motifs is 1. The van der Waals surface area contributed by atoms with Crippen LogP contribution in [0.4, 0.5) is 29.1 Å². The lowest BCUT2D eigenvalue weighted by Gasteiger charge is -2.28. The van der Waals surface area contributed by atoms with Crippen LogP contribution in [0, 0.1) is 11.7 Å². The SMILES string of the molecule is COc1cc2c(Nc3ccc(Br)cc3F)nc(OC(=O)C(F)(F)F)nc2cc1OCC1CCN(C)CC1. The summed E-state index contributed by atoms with van der Waals surface area (Å²) in [6.07, 6.45) is -3.34. The molecule has 198 valence electrons. The standard InChI is InChI=1S/C24H23BrF4N4O4/c1-33-7-5-13(6-8-33)12-36-20-11-18-15(10-19(20)35-2)21(30-17-4-3-14(25)9-16(17)26)32-23(31-18)37-22(34)24(27,28)29/h3-4,9-11,13H,5-8,12H2,1-2H3,(H,30,31,32). The van der Waals surface area contributed by atoms with Crippen LogP contribution in [0.3, 0.4) is 0 Å². The first-order valence-electron chi connectivity index (χ1n) is 11.3. The molecular weight excluding hydrogens is 564 g/mol. The fraction of sp³-hybridized carbons (Fsp3) is 0.375. The Morgan fingerprint density at radius 2 is 1.89 bits per heavy atom. The summed E-state index contributed by atoms with van der Waals surface area (Å²) < 4.78 is 69.2. The van der Waals surface area contributed by atoms with Gasteiger partial charge in [0.25, 0.3) is 0 Å². The molecule has 1 aromatic heterocycles. The summed E-state index contributed by atoms with van der Waals surface area (Å²) in [5, 5.41) is 3.01. The molecule has 1 aliphatic heterocycles. The maximum Gasteiger partial charge on any atom is 0.491 e. The first kappa shape index (κ1) is 26.9. The molecule has 0 bridgehead atoms. The zero-order chi connectivity index (χ0) is 26.7. The highest BCUT2D eigenvalue weighted by Gasteiger charge is 2.42. The number of benzene rings is 2. The quantitative estimate of drug-likeness (QED) is 0.288. The van der Waals surface area contributed by atoms with Gasteiger partial charge in [0.15, 0.2) is 11.5 Å². The van der Waals surface area contributed by atoms with Gasteiger partial charge in [-0.3, -0.25) is 0 Å². The maximum absolute atomic E-state index is 14.5. The van der Waals surface area contributed by atoms with Gasteiger partial charge in [0.1, 0.15) is 11.6 Å². The number of methoxy groups -OCH3 is 1. The minimum absolute atomic E-state index is 0.0159. The molecule has 0 aliphatic carbocycles. The summed E-state index contributed by atoms with van der Waals surface area (Å²) in [7, 11) is 3.49. The van der Waals surface area contributed by atoms with E-state index in [2.05, 4.69) is 47.9 Å². The zero-order valence-corrected chi connectivity index (χ0v) is 21.5. The molecule has 2 aromatic carbocycles. The number of alkyl halides is 3. The minimum atomic E-state index is -5.26. The van der Waals surface area contributed by atoms with E-state index in [9.17, 15) is 22.4 Å². The number of likely N-dealkylation sites (tertiary alicyclic amines) is 1. The third kappa shape index (κ3) is 6.58. The van der Waals surface area contributed by atoms with Gasteiger partial charge in [-0.05, 0) is 63.2 Å². The second kappa shape index (κ2) is 11.1. The van der Waals surface area contributed by atoms with Crippen molar-refractivity contribution in [2.75, 3.05) is 39.2 Å². The molecule has 0 radical (unpaired) electrons. The molecule has 3 aromatic rings. The zero-order valence-electron chi connectivity index (χ0n) is 19.9. The number of piperidine rings is 1. The van der Waals surface area contributed by atoms with Crippen molar-refractivity contribution in [3.05, 3.63) is 40.6 Å². The van der Waals surface area contributed by atoms with Crippen LogP contribution in [0.2, 0.25) is 0 Å². The van der Waals surface area contributed by atoms with Crippen LogP contribution >= 0.6 is 15.9 Å². The van der Waals surface area contributed by atoms with E-state index in [1.54, 1.807) is 6.07 Å². The van der Waals surface area contributed by atoms with E-state index in [1.165, 1.54) is 31.4 Å². The van der Waals surface area contributed by atoms with Gasteiger partial charge < -0.3 is 24.4 Å². The first-order chi connectivity index (χ1) is 17.5. The van der Waals surface area contributed by atoms with Crippen molar-refractivity contribution >= 4 is 44.3 Å². The highest BCUT2D eigenvalue weighted by molar-refractivity contribution is 9.10. The Kier molecular flexibility index (Phi) is 8.02. The van der Waals surface area contributed by atoms with E-state index in [4.69, 9.17) is 9.47 Å². The number of hydrogen-bond donors (Lipinski definition) is 1. The number of nitrogens with zero attached hydrogens (tertiary/aromatic N) is 3. The van der Waals surface area contributed by atoms with Gasteiger partial charge in [-0.25, -0.2) is 9.18 Å². The number of hydrogen-bond acceptors (Lipinski definition) is 8. The van der Waals surface area contributed by atoms with Crippen molar-refractivity contribution in [1.82, 2.24) is 14.9 Å². The average Bonchev–Trinajstić information content (AvgIpc) is 2.84. The van der Waals surface area contributed by atoms with Gasteiger partial charge in [0, 0.05) is 15.9 Å². The monoisotopic (exact) mass is 586 g/mol. The van der Waals surface area contributed by atoms with Crippen LogP contribution in [0.1, 0.15) is 12.8 Å². The number of anilines is 2. The predicted octanol–water partition coefficient (Wildman–Crippen LogP) is 5.47. The third-order valence-electron chi connectivity index (χ3n) is 5.87. The Morgan fingerprint density at radius 3 is 2.54 bits per heavy atom. The van der Waals surface area contributed by atoms with E-state index in [-0.39, 0.29) is 22.4 Å². The summed E-state index contributed by atoms with van der Waals surface area (Å²) in [6.45, 7) is 2.31. The summed E-state index contributed by atoms with van der Waals surface area (Å²) in [5.41, 5.74) is 0.0806. The molecule has 0 amide bonds. The summed E-state index contributed by atoms with van der Waals surface area (Å²) in [5.74, 6) is -2.29. The van der Waals surface area contributed by atoms with Crippen LogP contribution in [-0.2, 0) is 4.79 Å². The van der Waals surface area contributed by atoms with Gasteiger partial charge in [-0.1, -0.05) is 15.9 Å². The smallest absolute Gasteiger partial charge is 0.491 e. The van der Waals surface area contributed by atoms with E-state index < -0.39 is 24.0 Å². The Hall–Kier alpha value is -3.19. The fourth-order valence-electron chi connectivity index (χ4n) is 3.82. The number of esters is 1. The molecule has 1 N–H and O–H groups in total. The van der Waals surface area contributed by atoms with Crippen LogP contribution in [0.5, 0.6) is 17.5 Å². The van der Waals surface area contributed by atoms with Gasteiger partial charge in [0.05, 0.1) is 24.9 Å². The number of nitrogens with one attached hydrogen (secondary N) is 1. The normalized spacial score (nSPS) is 15.0. The van der Waals surface area contributed by atoms with Crippen molar-refractivity contribution in [3.63, 3.8) is 0 Å². The Balaban J connectivity index is 1.72. The van der Waals surface area contributed by atoms with E-state index >= 15 is 0 Å². The van der Waals surface area contributed by atoms with Gasteiger partial charge in [-0.15, -0.1) is 0 Å². The van der Waals surface area contributed by atoms with E-state index in [0.717, 1.165) is 25.9 Å². The number of aromatic nitrogens is 2.